The Morgan fingerprint density at radius 1 is 0.875 bits per heavy atom. The fourth-order valence-corrected chi connectivity index (χ4v) is 3.41. The van der Waals surface area contributed by atoms with Crippen molar-refractivity contribution >= 4 is 26.3 Å². The Balaban J connectivity index is 1.86. The van der Waals surface area contributed by atoms with Gasteiger partial charge in [-0.15, -0.1) is 0 Å². The summed E-state index contributed by atoms with van der Waals surface area (Å²) >= 11 is 0. The van der Waals surface area contributed by atoms with E-state index in [0.717, 1.165) is 16.3 Å². The molecule has 0 saturated carbocycles. The van der Waals surface area contributed by atoms with Crippen LogP contribution in [-0.2, 0) is 16.4 Å². The lowest BCUT2D eigenvalue weighted by atomic mass is 10.1. The number of nitrogens with one attached hydrogen (secondary N) is 1. The summed E-state index contributed by atoms with van der Waals surface area (Å²) in [4.78, 5) is -0.388. The number of anilines is 1. The van der Waals surface area contributed by atoms with E-state index < -0.39 is 15.6 Å². The molecule has 0 heterocycles. The van der Waals surface area contributed by atoms with Gasteiger partial charge >= 0.3 is 5.76 Å². The van der Waals surface area contributed by atoms with E-state index in [9.17, 15) is 17.2 Å². The van der Waals surface area contributed by atoms with E-state index in [1.807, 2.05) is 42.5 Å². The highest BCUT2D eigenvalue weighted by Crippen LogP contribution is 2.26. The summed E-state index contributed by atoms with van der Waals surface area (Å²) in [6.45, 7) is 0.334. The lowest BCUT2D eigenvalue weighted by Gasteiger charge is -2.12. The maximum absolute atomic E-state index is 12.8. The van der Waals surface area contributed by atoms with Crippen molar-refractivity contribution < 1.29 is 17.2 Å². The summed E-state index contributed by atoms with van der Waals surface area (Å²) in [6, 6.07) is 19.4. The first-order valence-electron chi connectivity index (χ1n) is 7.31. The summed E-state index contributed by atoms with van der Waals surface area (Å²) in [5, 5.41) is 5.10. The minimum atomic E-state index is -4.64. The van der Waals surface area contributed by atoms with Crippen LogP contribution in [0, 0.1) is 0 Å². The highest BCUT2D eigenvalue weighted by molar-refractivity contribution is 7.91. The molecule has 0 aliphatic rings. The van der Waals surface area contributed by atoms with Crippen LogP contribution in [0.3, 0.4) is 0 Å². The van der Waals surface area contributed by atoms with Crippen molar-refractivity contribution in [3.8, 4) is 0 Å². The monoisotopic (exact) mass is 347 g/mol. The van der Waals surface area contributed by atoms with Crippen LogP contribution in [0.25, 0.3) is 10.8 Å². The van der Waals surface area contributed by atoms with Crippen LogP contribution in [0.5, 0.6) is 0 Å². The third-order valence-electron chi connectivity index (χ3n) is 3.72. The van der Waals surface area contributed by atoms with Gasteiger partial charge in [0.05, 0.1) is 10.6 Å². The van der Waals surface area contributed by atoms with Crippen molar-refractivity contribution in [1.82, 2.24) is 0 Å². The molecule has 0 unspecified atom stereocenters. The number of alkyl halides is 2. The van der Waals surface area contributed by atoms with E-state index >= 15 is 0 Å². The van der Waals surface area contributed by atoms with Crippen molar-refractivity contribution in [1.29, 1.82) is 0 Å². The fourth-order valence-electron chi connectivity index (χ4n) is 2.50. The van der Waals surface area contributed by atoms with Crippen LogP contribution in [0.2, 0.25) is 0 Å². The van der Waals surface area contributed by atoms with E-state index in [-0.39, 0.29) is 10.6 Å². The molecule has 0 amide bonds. The summed E-state index contributed by atoms with van der Waals surface area (Å²) in [5.41, 5.74) is 1.10. The Hall–Kier alpha value is -2.47. The van der Waals surface area contributed by atoms with Crippen LogP contribution >= 0.6 is 0 Å². The molecule has 0 radical (unpaired) electrons. The number of halogens is 2. The van der Waals surface area contributed by atoms with E-state index in [1.54, 1.807) is 6.07 Å². The second-order valence-corrected chi connectivity index (χ2v) is 7.22. The summed E-state index contributed by atoms with van der Waals surface area (Å²) in [6.07, 6.45) is 0. The summed E-state index contributed by atoms with van der Waals surface area (Å²) < 4.78 is 49.1. The molecule has 124 valence electrons. The lowest BCUT2D eigenvalue weighted by molar-refractivity contribution is 0.235. The van der Waals surface area contributed by atoms with Gasteiger partial charge in [-0.2, -0.15) is 8.78 Å². The normalized spacial score (nSPS) is 11.8. The molecule has 3 rings (SSSR count). The van der Waals surface area contributed by atoms with Crippen molar-refractivity contribution in [2.24, 2.45) is 0 Å². The average molecular weight is 347 g/mol. The molecular formula is C18H15F2NO2S. The molecule has 1 N–H and O–H groups in total. The Kier molecular flexibility index (Phi) is 4.49. The maximum Gasteiger partial charge on any atom is 0.341 e. The zero-order chi connectivity index (χ0) is 17.2. The quantitative estimate of drug-likeness (QED) is 0.742. The number of fused-ring (bicyclic) bond motifs is 1. The zero-order valence-electron chi connectivity index (χ0n) is 12.6. The first-order chi connectivity index (χ1) is 11.5. The first kappa shape index (κ1) is 16.4. The van der Waals surface area contributed by atoms with Gasteiger partial charge < -0.3 is 5.32 Å². The molecule has 0 aliphatic carbocycles. The minimum Gasteiger partial charge on any atom is -0.380 e. The molecule has 3 aromatic rings. The van der Waals surface area contributed by atoms with Gasteiger partial charge in [0.1, 0.15) is 0 Å². The lowest BCUT2D eigenvalue weighted by Crippen LogP contribution is -2.14. The SMILES string of the molecule is O=S(=O)(c1ccccc1NCc1ccc2ccccc2c1)C(F)F. The van der Waals surface area contributed by atoms with Gasteiger partial charge in [-0.25, -0.2) is 8.42 Å². The predicted octanol–water partition coefficient (Wildman–Crippen LogP) is 4.45. The van der Waals surface area contributed by atoms with Gasteiger partial charge in [0.15, 0.2) is 0 Å². The standard InChI is InChI=1S/C18H15F2NO2S/c19-18(20)24(22,23)17-8-4-3-7-16(17)21-12-13-9-10-14-5-1-2-6-15(14)11-13/h1-11,18,21H,12H2. The van der Waals surface area contributed by atoms with Crippen molar-refractivity contribution in [3.63, 3.8) is 0 Å². The molecule has 3 nitrogen and oxygen atoms in total. The second-order valence-electron chi connectivity index (χ2n) is 5.34. The predicted molar refractivity (Wildman–Crippen MR) is 90.9 cm³/mol. The van der Waals surface area contributed by atoms with Gasteiger partial charge in [0, 0.05) is 6.54 Å². The number of sulfone groups is 1. The van der Waals surface area contributed by atoms with Crippen LogP contribution in [0.1, 0.15) is 5.56 Å². The van der Waals surface area contributed by atoms with E-state index in [2.05, 4.69) is 5.32 Å². The Bertz CT molecular complexity index is 971. The number of hydrogen-bond donors (Lipinski definition) is 1. The first-order valence-corrected chi connectivity index (χ1v) is 8.86. The molecule has 0 spiro atoms. The van der Waals surface area contributed by atoms with Crippen LogP contribution in [0.4, 0.5) is 14.5 Å². The highest BCUT2D eigenvalue weighted by atomic mass is 32.2. The molecule has 24 heavy (non-hydrogen) atoms. The average Bonchev–Trinajstić information content (AvgIpc) is 2.60. The number of benzene rings is 3. The van der Waals surface area contributed by atoms with Crippen molar-refractivity contribution in [2.45, 2.75) is 17.2 Å². The number of para-hydroxylation sites is 1. The van der Waals surface area contributed by atoms with Gasteiger partial charge in [-0.05, 0) is 34.5 Å². The topological polar surface area (TPSA) is 46.2 Å². The Morgan fingerprint density at radius 2 is 1.54 bits per heavy atom. The molecule has 0 aromatic heterocycles. The third kappa shape index (κ3) is 3.23. The molecule has 6 heteroatoms. The van der Waals surface area contributed by atoms with E-state index in [1.165, 1.54) is 18.2 Å². The van der Waals surface area contributed by atoms with Crippen LogP contribution < -0.4 is 5.32 Å². The summed E-state index contributed by atoms with van der Waals surface area (Å²) in [5.74, 6) is -3.44. The molecule has 3 aromatic carbocycles. The molecular weight excluding hydrogens is 332 g/mol. The Morgan fingerprint density at radius 3 is 2.29 bits per heavy atom. The molecule has 0 bridgehead atoms. The van der Waals surface area contributed by atoms with Crippen LogP contribution in [0.15, 0.2) is 71.6 Å². The largest absolute Gasteiger partial charge is 0.380 e. The van der Waals surface area contributed by atoms with Gasteiger partial charge in [0.2, 0.25) is 9.84 Å². The minimum absolute atomic E-state index is 0.172. The highest BCUT2D eigenvalue weighted by Gasteiger charge is 2.28. The number of hydrogen-bond acceptors (Lipinski definition) is 3. The van der Waals surface area contributed by atoms with Crippen molar-refractivity contribution in [3.05, 3.63) is 72.3 Å². The molecule has 0 aliphatic heterocycles. The Labute approximate surface area is 138 Å². The summed E-state index contributed by atoms with van der Waals surface area (Å²) in [7, 11) is -4.64. The maximum atomic E-state index is 12.8. The molecule has 0 fully saturated rings. The van der Waals surface area contributed by atoms with Crippen molar-refractivity contribution in [2.75, 3.05) is 5.32 Å². The van der Waals surface area contributed by atoms with Gasteiger partial charge in [0.25, 0.3) is 0 Å². The third-order valence-corrected chi connectivity index (χ3v) is 5.16. The fraction of sp³-hybridized carbons (Fsp3) is 0.111. The second kappa shape index (κ2) is 6.57. The van der Waals surface area contributed by atoms with E-state index in [0.29, 0.717) is 6.54 Å². The number of rotatable bonds is 5. The van der Waals surface area contributed by atoms with Gasteiger partial charge in [-0.3, -0.25) is 0 Å². The van der Waals surface area contributed by atoms with E-state index in [4.69, 9.17) is 0 Å². The smallest absolute Gasteiger partial charge is 0.341 e. The molecule has 0 saturated heterocycles. The van der Waals surface area contributed by atoms with Gasteiger partial charge in [-0.1, -0.05) is 48.5 Å². The molecule has 0 atom stereocenters. The zero-order valence-corrected chi connectivity index (χ0v) is 13.4. The van der Waals surface area contributed by atoms with Crippen LogP contribution in [-0.4, -0.2) is 14.2 Å².